The molecule has 9 heteroatoms. The first kappa shape index (κ1) is 15.3. The Kier molecular flexibility index (Phi) is 3.84. The summed E-state index contributed by atoms with van der Waals surface area (Å²) < 4.78 is 12.2. The van der Waals surface area contributed by atoms with E-state index in [1.807, 2.05) is 18.0 Å². The van der Waals surface area contributed by atoms with Crippen molar-refractivity contribution in [2.45, 2.75) is 5.60 Å². The molecule has 2 aromatic heterocycles. The fraction of sp³-hybridized carbons (Fsp3) is 0.462. The number of halogens is 1. The second-order valence-corrected chi connectivity index (χ2v) is 6.34. The van der Waals surface area contributed by atoms with Gasteiger partial charge in [-0.15, -0.1) is 0 Å². The van der Waals surface area contributed by atoms with E-state index in [0.29, 0.717) is 23.1 Å². The van der Waals surface area contributed by atoms with Crippen molar-refractivity contribution in [1.82, 2.24) is 14.8 Å². The van der Waals surface area contributed by atoms with Crippen LogP contribution in [0.1, 0.15) is 15.4 Å². The standard InChI is InChI=1S/C13H15ClN4O3S/c1-17-8(4-5-15-17)13(21-3)6-18(7-13)12-16-10(14)9(22-12)11(19)20-2/h4-5H,6-7H2,1-3H3. The lowest BCUT2D eigenvalue weighted by atomic mass is 9.90. The number of methoxy groups -OCH3 is 2. The smallest absolute Gasteiger partial charge is 0.351 e. The molecule has 22 heavy (non-hydrogen) atoms. The minimum Gasteiger partial charge on any atom is -0.465 e. The van der Waals surface area contributed by atoms with Gasteiger partial charge >= 0.3 is 5.97 Å². The zero-order valence-electron chi connectivity index (χ0n) is 12.4. The molecule has 0 unspecified atom stereocenters. The molecule has 0 radical (unpaired) electrons. The van der Waals surface area contributed by atoms with Gasteiger partial charge in [0.2, 0.25) is 0 Å². The molecule has 2 aromatic rings. The Balaban J connectivity index is 1.81. The van der Waals surface area contributed by atoms with Crippen LogP contribution in [0.15, 0.2) is 12.3 Å². The van der Waals surface area contributed by atoms with Crippen LogP contribution < -0.4 is 4.90 Å². The van der Waals surface area contributed by atoms with Gasteiger partial charge in [-0.3, -0.25) is 4.68 Å². The van der Waals surface area contributed by atoms with E-state index in [2.05, 4.69) is 10.1 Å². The zero-order chi connectivity index (χ0) is 15.9. The number of carbonyl (C=O) groups is 1. The average Bonchev–Trinajstić information content (AvgIpc) is 3.05. The summed E-state index contributed by atoms with van der Waals surface area (Å²) in [5.74, 6) is -0.473. The molecule has 0 saturated carbocycles. The Morgan fingerprint density at radius 3 is 2.73 bits per heavy atom. The van der Waals surface area contributed by atoms with E-state index in [-0.39, 0.29) is 5.15 Å². The molecule has 0 amide bonds. The van der Waals surface area contributed by atoms with Gasteiger partial charge in [0.05, 0.1) is 25.9 Å². The highest BCUT2D eigenvalue weighted by molar-refractivity contribution is 7.18. The van der Waals surface area contributed by atoms with Crippen LogP contribution in [0, 0.1) is 0 Å². The Bertz CT molecular complexity index is 708. The summed E-state index contributed by atoms with van der Waals surface area (Å²) in [7, 11) is 4.88. The number of aromatic nitrogens is 3. The molecular weight excluding hydrogens is 328 g/mol. The molecule has 0 bridgehead atoms. The normalized spacial score (nSPS) is 16.5. The molecule has 1 aliphatic rings. The summed E-state index contributed by atoms with van der Waals surface area (Å²) in [6.07, 6.45) is 1.74. The van der Waals surface area contributed by atoms with E-state index in [1.165, 1.54) is 18.4 Å². The molecule has 3 rings (SSSR count). The van der Waals surface area contributed by atoms with Crippen molar-refractivity contribution >= 4 is 34.0 Å². The van der Waals surface area contributed by atoms with Crippen molar-refractivity contribution in [2.24, 2.45) is 7.05 Å². The van der Waals surface area contributed by atoms with Gasteiger partial charge in [-0.2, -0.15) is 5.10 Å². The van der Waals surface area contributed by atoms with E-state index in [4.69, 9.17) is 21.1 Å². The fourth-order valence-electron chi connectivity index (χ4n) is 2.57. The maximum atomic E-state index is 11.6. The zero-order valence-corrected chi connectivity index (χ0v) is 13.9. The maximum Gasteiger partial charge on any atom is 0.351 e. The highest BCUT2D eigenvalue weighted by Gasteiger charge is 2.48. The van der Waals surface area contributed by atoms with Crippen molar-refractivity contribution in [1.29, 1.82) is 0 Å². The molecule has 0 aliphatic carbocycles. The lowest BCUT2D eigenvalue weighted by Crippen LogP contribution is -2.61. The van der Waals surface area contributed by atoms with E-state index in [9.17, 15) is 4.79 Å². The van der Waals surface area contributed by atoms with E-state index < -0.39 is 11.6 Å². The number of ether oxygens (including phenoxy) is 2. The van der Waals surface area contributed by atoms with Gasteiger partial charge in [0, 0.05) is 20.4 Å². The van der Waals surface area contributed by atoms with Gasteiger partial charge in [-0.25, -0.2) is 9.78 Å². The topological polar surface area (TPSA) is 69.5 Å². The van der Waals surface area contributed by atoms with E-state index in [0.717, 1.165) is 5.69 Å². The number of esters is 1. The molecule has 118 valence electrons. The van der Waals surface area contributed by atoms with Crippen LogP contribution in [0.25, 0.3) is 0 Å². The fourth-order valence-corrected chi connectivity index (χ4v) is 3.76. The highest BCUT2D eigenvalue weighted by Crippen LogP contribution is 2.40. The first-order chi connectivity index (χ1) is 10.5. The first-order valence-electron chi connectivity index (χ1n) is 6.54. The highest BCUT2D eigenvalue weighted by atomic mass is 35.5. The van der Waals surface area contributed by atoms with Gasteiger partial charge in [-0.05, 0) is 6.07 Å². The summed E-state index contributed by atoms with van der Waals surface area (Å²) in [4.78, 5) is 18.2. The van der Waals surface area contributed by atoms with Crippen molar-refractivity contribution in [3.05, 3.63) is 28.0 Å². The number of hydrogen-bond acceptors (Lipinski definition) is 7. The van der Waals surface area contributed by atoms with Crippen LogP contribution in [0.5, 0.6) is 0 Å². The Morgan fingerprint density at radius 2 is 2.18 bits per heavy atom. The molecular formula is C13H15ClN4O3S. The molecule has 0 aromatic carbocycles. The average molecular weight is 343 g/mol. The molecule has 1 saturated heterocycles. The van der Waals surface area contributed by atoms with Crippen LogP contribution in [0.4, 0.5) is 5.13 Å². The molecule has 1 aliphatic heterocycles. The van der Waals surface area contributed by atoms with Gasteiger partial charge < -0.3 is 14.4 Å². The molecule has 7 nitrogen and oxygen atoms in total. The third-order valence-electron chi connectivity index (χ3n) is 3.79. The Morgan fingerprint density at radius 1 is 1.45 bits per heavy atom. The van der Waals surface area contributed by atoms with Crippen LogP contribution in [-0.4, -0.2) is 48.0 Å². The lowest BCUT2D eigenvalue weighted by molar-refractivity contribution is -0.0444. The number of aryl methyl sites for hydroxylation is 1. The summed E-state index contributed by atoms with van der Waals surface area (Å²) in [5, 5.41) is 5.04. The largest absolute Gasteiger partial charge is 0.465 e. The lowest BCUT2D eigenvalue weighted by Gasteiger charge is -2.48. The van der Waals surface area contributed by atoms with Crippen LogP contribution in [0.3, 0.4) is 0 Å². The van der Waals surface area contributed by atoms with Gasteiger partial charge in [0.25, 0.3) is 0 Å². The van der Waals surface area contributed by atoms with Crippen LogP contribution in [-0.2, 0) is 22.1 Å². The van der Waals surface area contributed by atoms with Gasteiger partial charge in [0.15, 0.2) is 15.2 Å². The molecule has 0 atom stereocenters. The minimum atomic E-state index is -0.473. The second-order valence-electron chi connectivity index (χ2n) is 5.00. The van der Waals surface area contributed by atoms with E-state index >= 15 is 0 Å². The maximum absolute atomic E-state index is 11.6. The molecule has 0 spiro atoms. The predicted molar refractivity (Wildman–Crippen MR) is 82.6 cm³/mol. The van der Waals surface area contributed by atoms with Crippen LogP contribution in [0.2, 0.25) is 5.15 Å². The number of anilines is 1. The Hall–Kier alpha value is -1.64. The number of rotatable bonds is 4. The molecule has 3 heterocycles. The number of carbonyl (C=O) groups excluding carboxylic acids is 1. The SMILES string of the molecule is COC(=O)c1sc(N2CC(OC)(c3ccnn3C)C2)nc1Cl. The minimum absolute atomic E-state index is 0.169. The summed E-state index contributed by atoms with van der Waals surface area (Å²) in [5.41, 5.74) is 0.580. The van der Waals surface area contributed by atoms with Crippen molar-refractivity contribution < 1.29 is 14.3 Å². The van der Waals surface area contributed by atoms with E-state index in [1.54, 1.807) is 18.0 Å². The molecule has 0 N–H and O–H groups in total. The number of nitrogens with zero attached hydrogens (tertiary/aromatic N) is 4. The van der Waals surface area contributed by atoms with Crippen molar-refractivity contribution in [3.8, 4) is 0 Å². The predicted octanol–water partition coefficient (Wildman–Crippen LogP) is 1.68. The summed E-state index contributed by atoms with van der Waals surface area (Å²) in [6.45, 7) is 1.24. The number of hydrogen-bond donors (Lipinski definition) is 0. The van der Waals surface area contributed by atoms with Crippen molar-refractivity contribution in [2.75, 3.05) is 32.2 Å². The summed E-state index contributed by atoms with van der Waals surface area (Å²) in [6, 6.07) is 1.94. The first-order valence-corrected chi connectivity index (χ1v) is 7.73. The third-order valence-corrected chi connectivity index (χ3v) is 5.27. The van der Waals surface area contributed by atoms with Gasteiger partial charge in [-0.1, -0.05) is 22.9 Å². The second kappa shape index (κ2) is 5.53. The number of thiazole rings is 1. The van der Waals surface area contributed by atoms with Gasteiger partial charge in [0.1, 0.15) is 5.60 Å². The van der Waals surface area contributed by atoms with Crippen LogP contribution >= 0.6 is 22.9 Å². The monoisotopic (exact) mass is 342 g/mol. The van der Waals surface area contributed by atoms with Crippen molar-refractivity contribution in [3.63, 3.8) is 0 Å². The molecule has 1 fully saturated rings. The summed E-state index contributed by atoms with van der Waals surface area (Å²) >= 11 is 7.22. The third kappa shape index (κ3) is 2.27. The Labute approximate surface area is 136 Å². The quantitative estimate of drug-likeness (QED) is 0.787.